The number of imidazole rings is 1. The van der Waals surface area contributed by atoms with Crippen LogP contribution in [0, 0.1) is 6.92 Å². The number of rotatable bonds is 3. The van der Waals surface area contributed by atoms with E-state index in [0.717, 1.165) is 24.3 Å². The number of hydrogen-bond acceptors (Lipinski definition) is 1. The van der Waals surface area contributed by atoms with Crippen LogP contribution in [-0.4, -0.2) is 9.55 Å². The molecule has 0 spiro atoms. The molecule has 0 atom stereocenters. The van der Waals surface area contributed by atoms with Crippen LogP contribution >= 0.6 is 0 Å². The van der Waals surface area contributed by atoms with Gasteiger partial charge < -0.3 is 4.57 Å². The Bertz CT molecular complexity index is 494. The van der Waals surface area contributed by atoms with Crippen LogP contribution < -0.4 is 0 Å². The highest BCUT2D eigenvalue weighted by molar-refractivity contribution is 5.75. The molecule has 0 saturated heterocycles. The summed E-state index contributed by atoms with van der Waals surface area (Å²) in [5.41, 5.74) is 3.51. The highest BCUT2D eigenvalue weighted by atomic mass is 15.1. The third-order valence-corrected chi connectivity index (χ3v) is 2.61. The molecule has 0 fully saturated rings. The maximum absolute atomic E-state index is 4.52. The van der Waals surface area contributed by atoms with Gasteiger partial charge in [-0.3, -0.25) is 0 Å². The van der Waals surface area contributed by atoms with Gasteiger partial charge in [0, 0.05) is 6.54 Å². The van der Waals surface area contributed by atoms with Crippen molar-refractivity contribution in [2.75, 3.05) is 0 Å². The van der Waals surface area contributed by atoms with Crippen LogP contribution in [0.1, 0.15) is 19.2 Å². The smallest absolute Gasteiger partial charge is 0.106 e. The lowest BCUT2D eigenvalue weighted by molar-refractivity contribution is 0.689. The van der Waals surface area contributed by atoms with Gasteiger partial charge in [0.15, 0.2) is 0 Å². The molecule has 0 aliphatic heterocycles. The first-order valence-electron chi connectivity index (χ1n) is 5.25. The van der Waals surface area contributed by atoms with E-state index >= 15 is 0 Å². The summed E-state index contributed by atoms with van der Waals surface area (Å²) in [6, 6.07) is 8.26. The van der Waals surface area contributed by atoms with E-state index in [1.165, 1.54) is 11.1 Å². The van der Waals surface area contributed by atoms with Gasteiger partial charge in [0.25, 0.3) is 0 Å². The van der Waals surface area contributed by atoms with E-state index in [9.17, 15) is 0 Å². The second kappa shape index (κ2) is 3.89. The summed E-state index contributed by atoms with van der Waals surface area (Å²) in [6.07, 6.45) is 1.02. The number of aromatic nitrogens is 2. The lowest BCUT2D eigenvalue weighted by atomic mass is 10.2. The van der Waals surface area contributed by atoms with Crippen LogP contribution in [0.5, 0.6) is 0 Å². The van der Waals surface area contributed by atoms with Crippen molar-refractivity contribution in [1.82, 2.24) is 9.55 Å². The zero-order valence-electron chi connectivity index (χ0n) is 9.33. The zero-order valence-corrected chi connectivity index (χ0v) is 9.33. The fourth-order valence-corrected chi connectivity index (χ4v) is 1.78. The average Bonchev–Trinajstić information content (AvgIpc) is 2.50. The second-order valence-electron chi connectivity index (χ2n) is 4.01. The van der Waals surface area contributed by atoms with E-state index in [1.54, 1.807) is 0 Å². The van der Waals surface area contributed by atoms with Gasteiger partial charge in [0.05, 0.1) is 11.0 Å². The molecule has 0 unspecified atom stereocenters. The van der Waals surface area contributed by atoms with Crippen molar-refractivity contribution in [3.8, 4) is 0 Å². The summed E-state index contributed by atoms with van der Waals surface area (Å²) in [5, 5.41) is 0. The summed E-state index contributed by atoms with van der Waals surface area (Å²) >= 11 is 0. The molecule has 0 N–H and O–H groups in total. The lowest BCUT2D eigenvalue weighted by Gasteiger charge is -2.05. The summed E-state index contributed by atoms with van der Waals surface area (Å²) in [5.74, 6) is 1.08. The number of nitrogens with zero attached hydrogens (tertiary/aromatic N) is 2. The standard InChI is InChI=1S/C13H16N2/c1-10(2)8-9-15-11(3)14-12-6-4-5-7-13(12)15/h4-7H,1,8-9H2,2-3H3. The molecule has 1 aromatic carbocycles. The molecule has 2 nitrogen and oxygen atoms in total. The number of allylic oxidation sites excluding steroid dienone is 1. The monoisotopic (exact) mass is 200 g/mol. The first-order chi connectivity index (χ1) is 7.18. The normalized spacial score (nSPS) is 10.8. The minimum Gasteiger partial charge on any atom is -0.328 e. The van der Waals surface area contributed by atoms with Gasteiger partial charge in [0.1, 0.15) is 5.82 Å². The molecule has 2 rings (SSSR count). The van der Waals surface area contributed by atoms with Crippen molar-refractivity contribution in [3.63, 3.8) is 0 Å². The molecule has 1 aromatic heterocycles. The molecule has 0 amide bonds. The van der Waals surface area contributed by atoms with E-state index in [2.05, 4.69) is 48.2 Å². The Labute approximate surface area is 90.3 Å². The highest BCUT2D eigenvalue weighted by Gasteiger charge is 2.05. The predicted molar refractivity (Wildman–Crippen MR) is 63.9 cm³/mol. The highest BCUT2D eigenvalue weighted by Crippen LogP contribution is 2.16. The van der Waals surface area contributed by atoms with Gasteiger partial charge in [-0.25, -0.2) is 4.98 Å². The molecular formula is C13H16N2. The topological polar surface area (TPSA) is 17.8 Å². The third kappa shape index (κ3) is 1.94. The molecule has 0 aliphatic rings. The van der Waals surface area contributed by atoms with Gasteiger partial charge >= 0.3 is 0 Å². The molecule has 0 saturated carbocycles. The number of benzene rings is 1. The van der Waals surface area contributed by atoms with Crippen LogP contribution in [0.3, 0.4) is 0 Å². The summed E-state index contributed by atoms with van der Waals surface area (Å²) in [4.78, 5) is 4.52. The Morgan fingerprint density at radius 3 is 2.87 bits per heavy atom. The van der Waals surface area contributed by atoms with Gasteiger partial charge in [-0.2, -0.15) is 0 Å². The first kappa shape index (κ1) is 9.97. The average molecular weight is 200 g/mol. The molecule has 0 bridgehead atoms. The maximum atomic E-state index is 4.52. The molecule has 78 valence electrons. The molecule has 0 radical (unpaired) electrons. The Morgan fingerprint density at radius 1 is 1.40 bits per heavy atom. The number of fused-ring (bicyclic) bond motifs is 1. The number of para-hydroxylation sites is 2. The van der Waals surface area contributed by atoms with Gasteiger partial charge in [-0.1, -0.05) is 17.7 Å². The van der Waals surface area contributed by atoms with Gasteiger partial charge in [-0.15, -0.1) is 6.58 Å². The molecule has 0 aliphatic carbocycles. The maximum Gasteiger partial charge on any atom is 0.106 e. The van der Waals surface area contributed by atoms with Crippen molar-refractivity contribution < 1.29 is 0 Å². The van der Waals surface area contributed by atoms with Crippen LogP contribution in [-0.2, 0) is 6.54 Å². The fraction of sp³-hybridized carbons (Fsp3) is 0.308. The van der Waals surface area contributed by atoms with Crippen molar-refractivity contribution in [3.05, 3.63) is 42.2 Å². The SMILES string of the molecule is C=C(C)CCn1c(C)nc2ccccc21. The molecular weight excluding hydrogens is 184 g/mol. The minimum absolute atomic E-state index is 0.974. The van der Waals surface area contributed by atoms with Crippen LogP contribution in [0.4, 0.5) is 0 Å². The first-order valence-corrected chi connectivity index (χ1v) is 5.25. The Kier molecular flexibility index (Phi) is 2.58. The van der Waals surface area contributed by atoms with Crippen molar-refractivity contribution in [2.45, 2.75) is 26.8 Å². The van der Waals surface area contributed by atoms with Crippen molar-refractivity contribution in [2.24, 2.45) is 0 Å². The summed E-state index contributed by atoms with van der Waals surface area (Å²) in [7, 11) is 0. The molecule has 15 heavy (non-hydrogen) atoms. The molecule has 1 heterocycles. The van der Waals surface area contributed by atoms with E-state index in [4.69, 9.17) is 0 Å². The van der Waals surface area contributed by atoms with Gasteiger partial charge in [0.2, 0.25) is 0 Å². The Morgan fingerprint density at radius 2 is 2.13 bits per heavy atom. The predicted octanol–water partition coefficient (Wildman–Crippen LogP) is 3.31. The second-order valence-corrected chi connectivity index (χ2v) is 4.01. The summed E-state index contributed by atoms with van der Waals surface area (Å²) < 4.78 is 2.25. The quantitative estimate of drug-likeness (QED) is 0.695. The zero-order chi connectivity index (χ0) is 10.8. The van der Waals surface area contributed by atoms with Gasteiger partial charge in [-0.05, 0) is 32.4 Å². The van der Waals surface area contributed by atoms with E-state index in [0.29, 0.717) is 0 Å². The molecule has 2 aromatic rings. The Hall–Kier alpha value is -1.57. The third-order valence-electron chi connectivity index (χ3n) is 2.61. The lowest BCUT2D eigenvalue weighted by Crippen LogP contribution is -2.00. The fourth-order valence-electron chi connectivity index (χ4n) is 1.78. The minimum atomic E-state index is 0.974. The summed E-state index contributed by atoms with van der Waals surface area (Å²) in [6.45, 7) is 9.02. The largest absolute Gasteiger partial charge is 0.328 e. The van der Waals surface area contributed by atoms with E-state index in [1.807, 2.05) is 6.07 Å². The van der Waals surface area contributed by atoms with Crippen LogP contribution in [0.25, 0.3) is 11.0 Å². The van der Waals surface area contributed by atoms with Crippen LogP contribution in [0.15, 0.2) is 36.4 Å². The number of hydrogen-bond donors (Lipinski definition) is 0. The van der Waals surface area contributed by atoms with Crippen molar-refractivity contribution in [1.29, 1.82) is 0 Å². The van der Waals surface area contributed by atoms with Crippen molar-refractivity contribution >= 4 is 11.0 Å². The van der Waals surface area contributed by atoms with Crippen LogP contribution in [0.2, 0.25) is 0 Å². The molecule has 2 heteroatoms. The Balaban J connectivity index is 2.40. The number of aryl methyl sites for hydroxylation is 2. The van der Waals surface area contributed by atoms with E-state index in [-0.39, 0.29) is 0 Å². The van der Waals surface area contributed by atoms with E-state index < -0.39 is 0 Å².